The van der Waals surface area contributed by atoms with Gasteiger partial charge < -0.3 is 9.64 Å². The van der Waals surface area contributed by atoms with E-state index in [4.69, 9.17) is 16.3 Å². The van der Waals surface area contributed by atoms with E-state index in [-0.39, 0.29) is 11.9 Å². The Morgan fingerprint density at radius 3 is 3.09 bits per heavy atom. The Labute approximate surface area is 140 Å². The second-order valence-corrected chi connectivity index (χ2v) is 6.13. The van der Waals surface area contributed by atoms with Gasteiger partial charge in [-0.25, -0.2) is 0 Å². The van der Waals surface area contributed by atoms with Crippen LogP contribution in [0.4, 0.5) is 0 Å². The van der Waals surface area contributed by atoms with Crippen LogP contribution in [0.15, 0.2) is 36.7 Å². The molecule has 5 nitrogen and oxygen atoms in total. The molecule has 2 aromatic rings. The van der Waals surface area contributed by atoms with Crippen molar-refractivity contribution in [2.24, 2.45) is 0 Å². The van der Waals surface area contributed by atoms with E-state index >= 15 is 0 Å². The van der Waals surface area contributed by atoms with Crippen molar-refractivity contribution in [1.29, 1.82) is 0 Å². The van der Waals surface area contributed by atoms with E-state index in [0.717, 1.165) is 30.7 Å². The van der Waals surface area contributed by atoms with E-state index in [1.54, 1.807) is 24.2 Å². The number of hydrogen-bond acceptors (Lipinski definition) is 3. The van der Waals surface area contributed by atoms with Crippen molar-refractivity contribution in [1.82, 2.24) is 14.7 Å². The number of methoxy groups -OCH3 is 1. The molecule has 1 fully saturated rings. The Kier molecular flexibility index (Phi) is 4.86. The lowest BCUT2D eigenvalue weighted by Gasteiger charge is -2.25. The van der Waals surface area contributed by atoms with Crippen molar-refractivity contribution in [3.05, 3.63) is 47.2 Å². The fourth-order valence-electron chi connectivity index (χ4n) is 3.07. The molecule has 6 heteroatoms. The molecule has 3 rings (SSSR count). The van der Waals surface area contributed by atoms with E-state index in [0.29, 0.717) is 18.0 Å². The molecule has 2 heterocycles. The molecule has 1 aromatic carbocycles. The molecule has 0 spiro atoms. The molecule has 1 aliphatic heterocycles. The largest absolute Gasteiger partial charge is 0.497 e. The summed E-state index contributed by atoms with van der Waals surface area (Å²) in [5.41, 5.74) is 1.14. The smallest absolute Gasteiger partial charge is 0.224 e. The number of halogens is 1. The van der Waals surface area contributed by atoms with Gasteiger partial charge in [-0.3, -0.25) is 9.48 Å². The maximum Gasteiger partial charge on any atom is 0.224 e. The van der Waals surface area contributed by atoms with E-state index < -0.39 is 0 Å². The third kappa shape index (κ3) is 3.67. The van der Waals surface area contributed by atoms with Gasteiger partial charge >= 0.3 is 0 Å². The molecule has 1 aliphatic rings. The first-order valence-electron chi connectivity index (χ1n) is 7.79. The molecule has 0 aliphatic carbocycles. The van der Waals surface area contributed by atoms with Gasteiger partial charge in [-0.05, 0) is 30.5 Å². The van der Waals surface area contributed by atoms with Crippen LogP contribution >= 0.6 is 11.6 Å². The molecule has 0 saturated carbocycles. The normalized spacial score (nSPS) is 17.5. The zero-order chi connectivity index (χ0) is 16.2. The van der Waals surface area contributed by atoms with Gasteiger partial charge in [0.15, 0.2) is 0 Å². The molecule has 1 aromatic heterocycles. The van der Waals surface area contributed by atoms with Gasteiger partial charge in [0.2, 0.25) is 5.91 Å². The number of ether oxygens (including phenoxy) is 1. The summed E-state index contributed by atoms with van der Waals surface area (Å²) in [6, 6.07) is 8.11. The lowest BCUT2D eigenvalue weighted by Crippen LogP contribution is -2.31. The standard InChI is InChI=1S/C17H20ClN3O2/c1-23-15-5-2-4-13(10-15)16-6-3-8-21(16)17(22)7-9-20-12-14(18)11-19-20/h2,4-5,10-12,16H,3,6-9H2,1H3/t16-/m0/s1. The molecule has 1 atom stereocenters. The first kappa shape index (κ1) is 15.9. The number of nitrogens with zero attached hydrogens (tertiary/aromatic N) is 3. The van der Waals surface area contributed by atoms with Crippen molar-refractivity contribution < 1.29 is 9.53 Å². The van der Waals surface area contributed by atoms with Crippen LogP contribution in [0.2, 0.25) is 5.02 Å². The lowest BCUT2D eigenvalue weighted by atomic mass is 10.0. The van der Waals surface area contributed by atoms with Gasteiger partial charge in [0.25, 0.3) is 0 Å². The molecule has 122 valence electrons. The van der Waals surface area contributed by atoms with Crippen LogP contribution in [-0.2, 0) is 11.3 Å². The number of carbonyl (C=O) groups is 1. The van der Waals surface area contributed by atoms with Gasteiger partial charge in [-0.1, -0.05) is 23.7 Å². The Morgan fingerprint density at radius 2 is 2.35 bits per heavy atom. The average molecular weight is 334 g/mol. The van der Waals surface area contributed by atoms with Crippen LogP contribution in [0.25, 0.3) is 0 Å². The highest BCUT2D eigenvalue weighted by atomic mass is 35.5. The predicted molar refractivity (Wildman–Crippen MR) is 88.5 cm³/mol. The summed E-state index contributed by atoms with van der Waals surface area (Å²) < 4.78 is 7.00. The minimum atomic E-state index is 0.138. The fourth-order valence-corrected chi connectivity index (χ4v) is 3.23. The number of aryl methyl sites for hydroxylation is 1. The molecule has 23 heavy (non-hydrogen) atoms. The second-order valence-electron chi connectivity index (χ2n) is 5.69. The van der Waals surface area contributed by atoms with Crippen molar-refractivity contribution in [2.75, 3.05) is 13.7 Å². The van der Waals surface area contributed by atoms with Gasteiger partial charge in [0.05, 0.1) is 24.4 Å². The average Bonchev–Trinajstić information content (AvgIpc) is 3.21. The number of likely N-dealkylation sites (tertiary alicyclic amines) is 1. The van der Waals surface area contributed by atoms with Crippen LogP contribution < -0.4 is 4.74 Å². The maximum absolute atomic E-state index is 12.6. The van der Waals surface area contributed by atoms with Crippen LogP contribution in [0.3, 0.4) is 0 Å². The van der Waals surface area contributed by atoms with Crippen LogP contribution in [0.5, 0.6) is 5.75 Å². The van der Waals surface area contributed by atoms with Crippen LogP contribution in [0.1, 0.15) is 30.9 Å². The summed E-state index contributed by atoms with van der Waals surface area (Å²) in [7, 11) is 1.66. The highest BCUT2D eigenvalue weighted by Crippen LogP contribution is 2.33. The summed E-state index contributed by atoms with van der Waals surface area (Å²) >= 11 is 5.84. The molecule has 0 bridgehead atoms. The zero-order valence-corrected chi connectivity index (χ0v) is 13.9. The van der Waals surface area contributed by atoms with E-state index in [1.165, 1.54) is 0 Å². The van der Waals surface area contributed by atoms with Crippen molar-refractivity contribution in [2.45, 2.75) is 31.8 Å². The highest BCUT2D eigenvalue weighted by molar-refractivity contribution is 6.30. The number of rotatable bonds is 5. The fraction of sp³-hybridized carbons (Fsp3) is 0.412. The Bertz CT molecular complexity index is 686. The van der Waals surface area contributed by atoms with Crippen LogP contribution in [0, 0.1) is 0 Å². The van der Waals surface area contributed by atoms with Gasteiger partial charge in [0.1, 0.15) is 5.75 Å². The highest BCUT2D eigenvalue weighted by Gasteiger charge is 2.29. The molecular formula is C17H20ClN3O2. The van der Waals surface area contributed by atoms with E-state index in [1.807, 2.05) is 23.1 Å². The monoisotopic (exact) mass is 333 g/mol. The quantitative estimate of drug-likeness (QED) is 0.843. The first-order valence-corrected chi connectivity index (χ1v) is 8.16. The summed E-state index contributed by atoms with van der Waals surface area (Å²) in [6.45, 7) is 1.35. The summed E-state index contributed by atoms with van der Waals surface area (Å²) in [5.74, 6) is 0.981. The van der Waals surface area contributed by atoms with Gasteiger partial charge in [0, 0.05) is 25.7 Å². The SMILES string of the molecule is COc1cccc([C@@H]2CCCN2C(=O)CCn2cc(Cl)cn2)c1. The van der Waals surface area contributed by atoms with E-state index in [2.05, 4.69) is 11.2 Å². The summed E-state index contributed by atoms with van der Waals surface area (Å²) in [5, 5.41) is 4.70. The summed E-state index contributed by atoms with van der Waals surface area (Å²) in [6.07, 6.45) is 5.77. The van der Waals surface area contributed by atoms with Gasteiger partial charge in [-0.15, -0.1) is 0 Å². The molecular weight excluding hydrogens is 314 g/mol. The first-order chi connectivity index (χ1) is 11.2. The molecule has 1 amide bonds. The number of hydrogen-bond donors (Lipinski definition) is 0. The lowest BCUT2D eigenvalue weighted by molar-refractivity contribution is -0.132. The minimum absolute atomic E-state index is 0.138. The number of benzene rings is 1. The van der Waals surface area contributed by atoms with Crippen LogP contribution in [-0.4, -0.2) is 34.2 Å². The van der Waals surface area contributed by atoms with Crippen molar-refractivity contribution >= 4 is 17.5 Å². The summed E-state index contributed by atoms with van der Waals surface area (Å²) in [4.78, 5) is 14.6. The predicted octanol–water partition coefficient (Wildman–Crippen LogP) is 3.30. The third-order valence-electron chi connectivity index (χ3n) is 4.21. The maximum atomic E-state index is 12.6. The Morgan fingerprint density at radius 1 is 1.48 bits per heavy atom. The van der Waals surface area contributed by atoms with Crippen molar-refractivity contribution in [3.63, 3.8) is 0 Å². The number of aromatic nitrogens is 2. The topological polar surface area (TPSA) is 47.4 Å². The number of carbonyl (C=O) groups excluding carboxylic acids is 1. The van der Waals surface area contributed by atoms with Gasteiger partial charge in [-0.2, -0.15) is 5.10 Å². The van der Waals surface area contributed by atoms with E-state index in [9.17, 15) is 4.79 Å². The zero-order valence-electron chi connectivity index (χ0n) is 13.1. The second kappa shape index (κ2) is 7.04. The molecule has 0 N–H and O–H groups in total. The Balaban J connectivity index is 1.66. The molecule has 0 unspecified atom stereocenters. The van der Waals surface area contributed by atoms with Crippen molar-refractivity contribution in [3.8, 4) is 5.75 Å². The molecule has 0 radical (unpaired) electrons. The Hall–Kier alpha value is -2.01. The minimum Gasteiger partial charge on any atom is -0.497 e. The molecule has 1 saturated heterocycles. The number of amides is 1. The third-order valence-corrected chi connectivity index (χ3v) is 4.40.